The molecule has 3 rings (SSSR count). The predicted octanol–water partition coefficient (Wildman–Crippen LogP) is 4.32. The van der Waals surface area contributed by atoms with Crippen molar-refractivity contribution < 1.29 is 9.53 Å². The Morgan fingerprint density at radius 3 is 2.52 bits per heavy atom. The summed E-state index contributed by atoms with van der Waals surface area (Å²) in [5.74, 6) is -0.603. The molecule has 0 radical (unpaired) electrons. The van der Waals surface area contributed by atoms with Crippen LogP contribution in [0.5, 0.6) is 0 Å². The molecule has 25 heavy (non-hydrogen) atoms. The highest BCUT2D eigenvalue weighted by Crippen LogP contribution is 2.35. The van der Waals surface area contributed by atoms with E-state index in [9.17, 15) is 10.1 Å². The zero-order valence-corrected chi connectivity index (χ0v) is 14.2. The first-order valence-electron chi connectivity index (χ1n) is 8.09. The molecule has 4 heteroatoms. The number of rotatable bonds is 4. The van der Waals surface area contributed by atoms with Gasteiger partial charge in [0.15, 0.2) is 0 Å². The summed E-state index contributed by atoms with van der Waals surface area (Å²) < 4.78 is 6.98. The van der Waals surface area contributed by atoms with E-state index in [1.807, 2.05) is 72.3 Å². The van der Waals surface area contributed by atoms with Crippen LogP contribution in [0.15, 0.2) is 60.2 Å². The monoisotopic (exact) mass is 330 g/mol. The number of carbonyl (C=O) groups excluding carboxylic acids is 1. The lowest BCUT2D eigenvalue weighted by atomic mass is 10.0. The van der Waals surface area contributed by atoms with Crippen LogP contribution in [0.25, 0.3) is 28.1 Å². The van der Waals surface area contributed by atoms with Gasteiger partial charge in [-0.05, 0) is 24.6 Å². The molecule has 0 aliphatic heterocycles. The molecule has 0 fully saturated rings. The summed E-state index contributed by atoms with van der Waals surface area (Å²) in [5.41, 5.74) is 3.86. The number of carbonyl (C=O) groups is 1. The molecule has 4 nitrogen and oxygen atoms in total. The van der Waals surface area contributed by atoms with E-state index in [1.54, 1.807) is 13.0 Å². The molecule has 0 aliphatic carbocycles. The lowest BCUT2D eigenvalue weighted by Gasteiger charge is -2.06. The highest BCUT2D eigenvalue weighted by molar-refractivity contribution is 6.04. The number of aryl methyl sites for hydroxylation is 1. The number of ether oxygens (including phenoxy) is 1. The van der Waals surface area contributed by atoms with E-state index in [4.69, 9.17) is 4.74 Å². The van der Waals surface area contributed by atoms with Crippen LogP contribution in [-0.2, 0) is 16.6 Å². The van der Waals surface area contributed by atoms with Crippen molar-refractivity contribution >= 4 is 22.9 Å². The first-order chi connectivity index (χ1) is 12.2. The molecule has 3 aromatic rings. The van der Waals surface area contributed by atoms with Crippen LogP contribution in [-0.4, -0.2) is 17.1 Å². The molecule has 1 heterocycles. The van der Waals surface area contributed by atoms with E-state index < -0.39 is 5.97 Å². The van der Waals surface area contributed by atoms with Crippen LogP contribution in [0.2, 0.25) is 0 Å². The predicted molar refractivity (Wildman–Crippen MR) is 98.6 cm³/mol. The van der Waals surface area contributed by atoms with Crippen LogP contribution < -0.4 is 0 Å². The molecule has 0 saturated carbocycles. The topological polar surface area (TPSA) is 55.0 Å². The summed E-state index contributed by atoms with van der Waals surface area (Å²) >= 11 is 0. The Hall–Kier alpha value is -3.32. The molecule has 2 aromatic carbocycles. The van der Waals surface area contributed by atoms with E-state index in [-0.39, 0.29) is 12.2 Å². The number of nitrogens with zero attached hydrogens (tertiary/aromatic N) is 2. The van der Waals surface area contributed by atoms with Gasteiger partial charge in [0, 0.05) is 23.5 Å². The fourth-order valence-corrected chi connectivity index (χ4v) is 2.97. The molecular weight excluding hydrogens is 312 g/mol. The van der Waals surface area contributed by atoms with Crippen molar-refractivity contribution in [3.8, 4) is 17.2 Å². The first kappa shape index (κ1) is 16.5. The quantitative estimate of drug-likeness (QED) is 0.407. The summed E-state index contributed by atoms with van der Waals surface area (Å²) in [4.78, 5) is 12.0. The maximum atomic E-state index is 12.0. The molecule has 1 aromatic heterocycles. The largest absolute Gasteiger partial charge is 0.462 e. The fourth-order valence-electron chi connectivity index (χ4n) is 2.97. The molecular formula is C21H18N2O2. The summed E-state index contributed by atoms with van der Waals surface area (Å²) in [5, 5.41) is 10.5. The molecule has 0 N–H and O–H groups in total. The van der Waals surface area contributed by atoms with Gasteiger partial charge >= 0.3 is 5.97 Å². The minimum Gasteiger partial charge on any atom is -0.462 e. The number of para-hydroxylation sites is 1. The zero-order chi connectivity index (χ0) is 17.8. The third-order valence-corrected chi connectivity index (χ3v) is 4.11. The first-order valence-corrected chi connectivity index (χ1v) is 8.09. The van der Waals surface area contributed by atoms with Gasteiger partial charge in [0.05, 0.1) is 12.3 Å². The Bertz CT molecular complexity index is 992. The highest BCUT2D eigenvalue weighted by Gasteiger charge is 2.18. The Labute approximate surface area is 146 Å². The van der Waals surface area contributed by atoms with Gasteiger partial charge in [0.1, 0.15) is 11.6 Å². The molecule has 124 valence electrons. The van der Waals surface area contributed by atoms with Crippen LogP contribution in [0, 0.1) is 11.3 Å². The molecule has 0 atom stereocenters. The van der Waals surface area contributed by atoms with E-state index in [1.165, 1.54) is 0 Å². The highest BCUT2D eigenvalue weighted by atomic mass is 16.5. The normalized spacial score (nSPS) is 11.3. The summed E-state index contributed by atoms with van der Waals surface area (Å²) in [6.07, 6.45) is 1.61. The van der Waals surface area contributed by atoms with Gasteiger partial charge in [-0.15, -0.1) is 0 Å². The minimum absolute atomic E-state index is 0.00932. The van der Waals surface area contributed by atoms with Crippen molar-refractivity contribution in [1.82, 2.24) is 4.57 Å². The van der Waals surface area contributed by atoms with Gasteiger partial charge in [-0.3, -0.25) is 0 Å². The Balaban J connectivity index is 2.30. The molecule has 0 bridgehead atoms. The van der Waals surface area contributed by atoms with E-state index in [2.05, 4.69) is 0 Å². The Morgan fingerprint density at radius 2 is 1.84 bits per heavy atom. The van der Waals surface area contributed by atoms with Crippen LogP contribution in [0.1, 0.15) is 12.6 Å². The van der Waals surface area contributed by atoms with Crippen molar-refractivity contribution in [3.63, 3.8) is 0 Å². The van der Waals surface area contributed by atoms with Gasteiger partial charge in [-0.2, -0.15) is 5.26 Å². The Morgan fingerprint density at radius 1 is 1.16 bits per heavy atom. The third-order valence-electron chi connectivity index (χ3n) is 4.11. The molecule has 0 unspecified atom stereocenters. The number of hydrogen-bond donors (Lipinski definition) is 0. The van der Waals surface area contributed by atoms with Crippen molar-refractivity contribution in [1.29, 1.82) is 5.26 Å². The summed E-state index contributed by atoms with van der Waals surface area (Å²) in [6.45, 7) is 1.96. The second-order valence-electron chi connectivity index (χ2n) is 5.59. The second kappa shape index (κ2) is 7.06. The number of hydrogen-bond acceptors (Lipinski definition) is 3. The molecule has 0 spiro atoms. The van der Waals surface area contributed by atoms with Gasteiger partial charge in [-0.25, -0.2) is 4.79 Å². The minimum atomic E-state index is -0.603. The number of nitriles is 1. The fraction of sp³-hybridized carbons (Fsp3) is 0.143. The van der Waals surface area contributed by atoms with Crippen LogP contribution >= 0.6 is 0 Å². The number of aromatic nitrogens is 1. The SMILES string of the molecule is CCOC(=O)/C(C#N)=C/c1c(-c2ccccc2)c2ccccc2n1C. The standard InChI is InChI=1S/C21H18N2O2/c1-3-25-21(24)16(14-22)13-19-20(15-9-5-4-6-10-15)17-11-7-8-12-18(17)23(19)2/h4-13H,3H2,1-2H3/b16-13+. The van der Waals surface area contributed by atoms with E-state index in [0.29, 0.717) is 0 Å². The van der Waals surface area contributed by atoms with Crippen molar-refractivity contribution in [2.45, 2.75) is 6.92 Å². The van der Waals surface area contributed by atoms with Crippen molar-refractivity contribution in [2.24, 2.45) is 7.05 Å². The van der Waals surface area contributed by atoms with E-state index >= 15 is 0 Å². The third kappa shape index (κ3) is 3.05. The lowest BCUT2D eigenvalue weighted by Crippen LogP contribution is -2.06. The molecule has 0 amide bonds. The number of fused-ring (bicyclic) bond motifs is 1. The summed E-state index contributed by atoms with van der Waals surface area (Å²) in [6, 6.07) is 19.9. The zero-order valence-electron chi connectivity index (χ0n) is 14.2. The van der Waals surface area contributed by atoms with Gasteiger partial charge in [0.25, 0.3) is 0 Å². The average Bonchev–Trinajstić information content (AvgIpc) is 2.93. The Kier molecular flexibility index (Phi) is 4.67. The smallest absolute Gasteiger partial charge is 0.348 e. The number of esters is 1. The molecule has 0 aliphatic rings. The van der Waals surface area contributed by atoms with Crippen molar-refractivity contribution in [2.75, 3.05) is 6.61 Å². The number of benzene rings is 2. The van der Waals surface area contributed by atoms with Gasteiger partial charge < -0.3 is 9.30 Å². The van der Waals surface area contributed by atoms with Crippen LogP contribution in [0.3, 0.4) is 0 Å². The average molecular weight is 330 g/mol. The molecule has 0 saturated heterocycles. The maximum absolute atomic E-state index is 12.0. The van der Waals surface area contributed by atoms with Gasteiger partial charge in [-0.1, -0.05) is 48.5 Å². The summed E-state index contributed by atoms with van der Waals surface area (Å²) in [7, 11) is 1.93. The lowest BCUT2D eigenvalue weighted by molar-refractivity contribution is -0.137. The van der Waals surface area contributed by atoms with Crippen molar-refractivity contribution in [3.05, 3.63) is 65.9 Å². The maximum Gasteiger partial charge on any atom is 0.348 e. The second-order valence-corrected chi connectivity index (χ2v) is 5.59. The van der Waals surface area contributed by atoms with Crippen LogP contribution in [0.4, 0.5) is 0 Å². The van der Waals surface area contributed by atoms with E-state index in [0.717, 1.165) is 27.7 Å². The van der Waals surface area contributed by atoms with Gasteiger partial charge in [0.2, 0.25) is 0 Å².